The van der Waals surface area contributed by atoms with Gasteiger partial charge in [-0.15, -0.1) is 0 Å². The van der Waals surface area contributed by atoms with E-state index in [4.69, 9.17) is 0 Å². The Labute approximate surface area is 106 Å². The third kappa shape index (κ3) is 1.32. The van der Waals surface area contributed by atoms with E-state index in [0.29, 0.717) is 6.04 Å². The van der Waals surface area contributed by atoms with Crippen LogP contribution in [0.5, 0.6) is 0 Å². The number of aliphatic hydroxyl groups excluding tert-OH is 1. The minimum atomic E-state index is 0.144. The lowest BCUT2D eigenvalue weighted by atomic mass is 9.90. The lowest BCUT2D eigenvalue weighted by Gasteiger charge is -2.27. The molecule has 0 amide bonds. The van der Waals surface area contributed by atoms with Gasteiger partial charge in [-0.2, -0.15) is 0 Å². The summed E-state index contributed by atoms with van der Waals surface area (Å²) >= 11 is 0. The summed E-state index contributed by atoms with van der Waals surface area (Å²) in [6, 6.07) is 7.12. The van der Waals surface area contributed by atoms with Crippen molar-refractivity contribution < 1.29 is 10.4 Å². The van der Waals surface area contributed by atoms with E-state index in [2.05, 4.69) is 28.1 Å². The van der Waals surface area contributed by atoms with E-state index in [1.165, 1.54) is 36.7 Å². The molecule has 0 spiro atoms. The second kappa shape index (κ2) is 3.84. The first-order valence-electron chi connectivity index (χ1n) is 6.96. The third-order valence-electron chi connectivity index (χ3n) is 4.56. The minimum absolute atomic E-state index is 0.144. The van der Waals surface area contributed by atoms with Gasteiger partial charge in [-0.1, -0.05) is 6.07 Å². The van der Waals surface area contributed by atoms with Crippen molar-refractivity contribution in [3.8, 4) is 0 Å². The van der Waals surface area contributed by atoms with E-state index in [1.807, 2.05) is 0 Å². The van der Waals surface area contributed by atoms with E-state index in [9.17, 15) is 5.11 Å². The molecule has 3 nitrogen and oxygen atoms in total. The predicted octanol–water partition coefficient (Wildman–Crippen LogP) is 1.09. The fourth-order valence-corrected chi connectivity index (χ4v) is 3.79. The number of nitrogens with zero attached hydrogens (tertiary/aromatic N) is 1. The van der Waals surface area contributed by atoms with Gasteiger partial charge in [0.15, 0.2) is 0 Å². The van der Waals surface area contributed by atoms with E-state index in [0.717, 1.165) is 12.1 Å². The Morgan fingerprint density at radius 1 is 1.39 bits per heavy atom. The molecule has 1 atom stereocenters. The summed E-state index contributed by atoms with van der Waals surface area (Å²) in [6.45, 7) is 2.47. The van der Waals surface area contributed by atoms with Crippen molar-refractivity contribution in [1.82, 2.24) is 4.57 Å². The van der Waals surface area contributed by atoms with Gasteiger partial charge in [-0.25, -0.2) is 0 Å². The zero-order valence-electron chi connectivity index (χ0n) is 10.5. The summed E-state index contributed by atoms with van der Waals surface area (Å²) in [7, 11) is 0. The van der Waals surface area contributed by atoms with Crippen LogP contribution in [0.15, 0.2) is 18.2 Å². The van der Waals surface area contributed by atoms with Gasteiger partial charge in [0, 0.05) is 17.3 Å². The van der Waals surface area contributed by atoms with Crippen molar-refractivity contribution in [2.24, 2.45) is 0 Å². The highest BCUT2D eigenvalue weighted by atomic mass is 16.3. The van der Waals surface area contributed by atoms with Crippen molar-refractivity contribution in [2.75, 3.05) is 6.54 Å². The molecule has 1 aromatic heterocycles. The fourth-order valence-electron chi connectivity index (χ4n) is 3.79. The Morgan fingerprint density at radius 3 is 3.22 bits per heavy atom. The van der Waals surface area contributed by atoms with Crippen LogP contribution in [0.4, 0.5) is 0 Å². The van der Waals surface area contributed by atoms with Crippen LogP contribution in [0.3, 0.4) is 0 Å². The Balaban J connectivity index is 2.05. The maximum atomic E-state index is 9.32. The van der Waals surface area contributed by atoms with Crippen LogP contribution >= 0.6 is 0 Å². The number of quaternary nitrogens is 1. The zero-order valence-corrected chi connectivity index (χ0v) is 10.5. The summed E-state index contributed by atoms with van der Waals surface area (Å²) < 4.78 is 2.52. The average Bonchev–Trinajstić information content (AvgIpc) is 2.76. The normalized spacial score (nSPS) is 22.2. The summed E-state index contributed by atoms with van der Waals surface area (Å²) in [5.41, 5.74) is 5.52. The van der Waals surface area contributed by atoms with Gasteiger partial charge < -0.3 is 15.0 Å². The van der Waals surface area contributed by atoms with Crippen molar-refractivity contribution in [3.05, 3.63) is 35.0 Å². The van der Waals surface area contributed by atoms with Crippen LogP contribution in [-0.4, -0.2) is 16.2 Å². The lowest BCUT2D eigenvalue weighted by molar-refractivity contribution is -0.704. The number of nitrogens with two attached hydrogens (primary N) is 1. The molecule has 0 bridgehead atoms. The van der Waals surface area contributed by atoms with Crippen molar-refractivity contribution in [2.45, 2.75) is 38.5 Å². The SMILES string of the molecule is OCc1ccc2c(c1)c1c3n2CC[NH2+]C3CCC1. The van der Waals surface area contributed by atoms with Crippen LogP contribution in [-0.2, 0) is 19.6 Å². The molecule has 2 aromatic rings. The molecule has 0 saturated heterocycles. The molecular formula is C15H19N2O+. The highest BCUT2D eigenvalue weighted by Gasteiger charge is 2.32. The Hall–Kier alpha value is -1.32. The van der Waals surface area contributed by atoms with E-state index < -0.39 is 0 Å². The number of aliphatic hydroxyl groups is 1. The van der Waals surface area contributed by atoms with Gasteiger partial charge in [0.1, 0.15) is 6.04 Å². The molecule has 94 valence electrons. The summed E-state index contributed by atoms with van der Waals surface area (Å²) in [5.74, 6) is 0. The summed E-state index contributed by atoms with van der Waals surface area (Å²) in [5, 5.41) is 13.2. The molecule has 0 radical (unpaired) electrons. The minimum Gasteiger partial charge on any atom is -0.392 e. The van der Waals surface area contributed by atoms with Crippen LogP contribution in [0.1, 0.15) is 35.7 Å². The quantitative estimate of drug-likeness (QED) is 0.773. The maximum Gasteiger partial charge on any atom is 0.127 e. The number of fused-ring (bicyclic) bond motifs is 3. The predicted molar refractivity (Wildman–Crippen MR) is 70.3 cm³/mol. The molecule has 2 heterocycles. The van der Waals surface area contributed by atoms with Crippen LogP contribution < -0.4 is 5.32 Å². The van der Waals surface area contributed by atoms with Gasteiger partial charge in [-0.3, -0.25) is 0 Å². The van der Waals surface area contributed by atoms with Gasteiger partial charge in [0.05, 0.1) is 25.4 Å². The molecule has 2 aliphatic rings. The molecule has 1 aliphatic carbocycles. The number of rotatable bonds is 1. The van der Waals surface area contributed by atoms with Gasteiger partial charge >= 0.3 is 0 Å². The van der Waals surface area contributed by atoms with Gasteiger partial charge in [0.2, 0.25) is 0 Å². The van der Waals surface area contributed by atoms with E-state index in [-0.39, 0.29) is 6.61 Å². The largest absolute Gasteiger partial charge is 0.392 e. The number of benzene rings is 1. The summed E-state index contributed by atoms with van der Waals surface area (Å²) in [4.78, 5) is 0. The summed E-state index contributed by atoms with van der Waals surface area (Å²) in [6.07, 6.45) is 3.82. The van der Waals surface area contributed by atoms with Gasteiger partial charge in [-0.05, 0) is 36.1 Å². The molecule has 4 rings (SSSR count). The number of aromatic nitrogens is 1. The molecule has 0 fully saturated rings. The van der Waals surface area contributed by atoms with E-state index in [1.54, 1.807) is 11.3 Å². The number of hydrogen-bond donors (Lipinski definition) is 2. The Morgan fingerprint density at radius 2 is 2.33 bits per heavy atom. The molecule has 1 aliphatic heterocycles. The molecular weight excluding hydrogens is 224 g/mol. The third-order valence-corrected chi connectivity index (χ3v) is 4.56. The average molecular weight is 243 g/mol. The van der Waals surface area contributed by atoms with Crippen molar-refractivity contribution in [3.63, 3.8) is 0 Å². The second-order valence-corrected chi connectivity index (χ2v) is 5.55. The standard InChI is InChI=1S/C15H18N2O/c18-9-10-4-5-14-12(8-10)11-2-1-3-13-15(11)17(14)7-6-16-13/h4-5,8,13,16,18H,1-3,6-7,9H2/p+1. The first-order valence-corrected chi connectivity index (χ1v) is 6.96. The molecule has 1 unspecified atom stereocenters. The molecule has 0 saturated carbocycles. The van der Waals surface area contributed by atoms with Gasteiger partial charge in [0.25, 0.3) is 0 Å². The van der Waals surface area contributed by atoms with Crippen LogP contribution in [0, 0.1) is 0 Å². The number of hydrogen-bond acceptors (Lipinski definition) is 1. The fraction of sp³-hybridized carbons (Fsp3) is 0.467. The second-order valence-electron chi connectivity index (χ2n) is 5.55. The lowest BCUT2D eigenvalue weighted by Crippen LogP contribution is -2.88. The van der Waals surface area contributed by atoms with Crippen LogP contribution in [0.25, 0.3) is 10.9 Å². The van der Waals surface area contributed by atoms with E-state index >= 15 is 0 Å². The van der Waals surface area contributed by atoms with Crippen molar-refractivity contribution >= 4 is 10.9 Å². The first kappa shape index (κ1) is 10.6. The smallest absolute Gasteiger partial charge is 0.127 e. The first-order chi connectivity index (χ1) is 8.88. The van der Waals surface area contributed by atoms with Crippen molar-refractivity contribution in [1.29, 1.82) is 0 Å². The maximum absolute atomic E-state index is 9.32. The Kier molecular flexibility index (Phi) is 2.26. The molecule has 1 aromatic carbocycles. The molecule has 18 heavy (non-hydrogen) atoms. The number of aryl methyl sites for hydroxylation is 1. The monoisotopic (exact) mass is 243 g/mol. The highest BCUT2D eigenvalue weighted by molar-refractivity contribution is 5.86. The highest BCUT2D eigenvalue weighted by Crippen LogP contribution is 2.37. The molecule has 3 heteroatoms. The topological polar surface area (TPSA) is 41.8 Å². The Bertz CT molecular complexity index is 612. The molecule has 3 N–H and O–H groups in total. The zero-order chi connectivity index (χ0) is 12.1. The van der Waals surface area contributed by atoms with Crippen LogP contribution in [0.2, 0.25) is 0 Å².